The number of amides is 1. The Bertz CT molecular complexity index is 589. The third-order valence-corrected chi connectivity index (χ3v) is 3.53. The Balaban J connectivity index is 1.64. The van der Waals surface area contributed by atoms with Gasteiger partial charge < -0.3 is 9.64 Å². The number of likely N-dealkylation sites (tertiary alicyclic amines) is 1. The molecule has 5 heteroatoms. The lowest BCUT2D eigenvalue weighted by molar-refractivity contribution is 0.0537. The minimum Gasteiger partial charge on any atom is -0.488 e. The fourth-order valence-electron chi connectivity index (χ4n) is 2.50. The molecule has 108 valence electrons. The Kier molecular flexibility index (Phi) is 4.09. The molecular formula is C16H17N3O2. The minimum atomic E-state index is 0.0196. The fourth-order valence-corrected chi connectivity index (χ4v) is 2.50. The van der Waals surface area contributed by atoms with Crippen molar-refractivity contribution >= 4 is 5.91 Å². The summed E-state index contributed by atoms with van der Waals surface area (Å²) in [6.07, 6.45) is 8.62. The van der Waals surface area contributed by atoms with E-state index in [9.17, 15) is 4.79 Å². The quantitative estimate of drug-likeness (QED) is 0.866. The van der Waals surface area contributed by atoms with Crippen LogP contribution in [0.1, 0.15) is 23.2 Å². The van der Waals surface area contributed by atoms with Gasteiger partial charge in [0.2, 0.25) is 0 Å². The lowest BCUT2D eigenvalue weighted by Crippen LogP contribution is -2.44. The number of pyridine rings is 2. The highest BCUT2D eigenvalue weighted by atomic mass is 16.5. The predicted molar refractivity (Wildman–Crippen MR) is 78.0 cm³/mol. The molecule has 1 amide bonds. The van der Waals surface area contributed by atoms with Crippen molar-refractivity contribution in [2.24, 2.45) is 0 Å². The average molecular weight is 283 g/mol. The van der Waals surface area contributed by atoms with Crippen molar-refractivity contribution < 1.29 is 9.53 Å². The Morgan fingerprint density at radius 1 is 1.19 bits per heavy atom. The predicted octanol–water partition coefficient (Wildman–Crippen LogP) is 2.16. The number of piperidine rings is 1. The maximum absolute atomic E-state index is 12.4. The number of rotatable bonds is 3. The molecule has 2 aromatic heterocycles. The molecule has 1 atom stereocenters. The molecule has 1 saturated heterocycles. The second-order valence-corrected chi connectivity index (χ2v) is 5.06. The summed E-state index contributed by atoms with van der Waals surface area (Å²) >= 11 is 0. The van der Waals surface area contributed by atoms with Gasteiger partial charge in [0.25, 0.3) is 5.91 Å². The zero-order valence-corrected chi connectivity index (χ0v) is 11.7. The summed E-state index contributed by atoms with van der Waals surface area (Å²) in [6.45, 7) is 1.37. The van der Waals surface area contributed by atoms with Gasteiger partial charge in [-0.15, -0.1) is 0 Å². The molecule has 5 nitrogen and oxygen atoms in total. The van der Waals surface area contributed by atoms with Crippen LogP contribution in [0.3, 0.4) is 0 Å². The van der Waals surface area contributed by atoms with E-state index in [1.165, 1.54) is 0 Å². The number of carbonyl (C=O) groups excluding carboxylic acids is 1. The molecule has 3 heterocycles. The summed E-state index contributed by atoms with van der Waals surface area (Å²) in [5.41, 5.74) is 0.627. The van der Waals surface area contributed by atoms with E-state index in [0.717, 1.165) is 25.1 Å². The molecular weight excluding hydrogens is 266 g/mol. The molecule has 0 aromatic carbocycles. The zero-order chi connectivity index (χ0) is 14.5. The summed E-state index contributed by atoms with van der Waals surface area (Å²) < 4.78 is 5.92. The van der Waals surface area contributed by atoms with Crippen LogP contribution < -0.4 is 4.74 Å². The smallest absolute Gasteiger partial charge is 0.255 e. The second-order valence-electron chi connectivity index (χ2n) is 5.06. The first-order valence-electron chi connectivity index (χ1n) is 7.09. The number of nitrogens with zero attached hydrogens (tertiary/aromatic N) is 3. The maximum Gasteiger partial charge on any atom is 0.255 e. The van der Waals surface area contributed by atoms with Gasteiger partial charge >= 0.3 is 0 Å². The SMILES string of the molecule is O=C(c1cccnc1)N1CCC[C@H](Oc2ccncc2)C1. The van der Waals surface area contributed by atoms with E-state index in [0.29, 0.717) is 12.1 Å². The van der Waals surface area contributed by atoms with Gasteiger partial charge in [-0.1, -0.05) is 0 Å². The minimum absolute atomic E-state index is 0.0196. The average Bonchev–Trinajstić information content (AvgIpc) is 2.56. The largest absolute Gasteiger partial charge is 0.488 e. The topological polar surface area (TPSA) is 55.3 Å². The first-order chi connectivity index (χ1) is 10.3. The molecule has 1 aliphatic heterocycles. The van der Waals surface area contributed by atoms with E-state index in [1.807, 2.05) is 17.0 Å². The Morgan fingerprint density at radius 2 is 2.05 bits per heavy atom. The van der Waals surface area contributed by atoms with Crippen molar-refractivity contribution in [2.75, 3.05) is 13.1 Å². The Hall–Kier alpha value is -2.43. The summed E-state index contributed by atoms with van der Waals surface area (Å²) in [6, 6.07) is 7.24. The molecule has 0 saturated carbocycles. The summed E-state index contributed by atoms with van der Waals surface area (Å²) in [5, 5.41) is 0. The van der Waals surface area contributed by atoms with E-state index in [4.69, 9.17) is 4.74 Å². The van der Waals surface area contributed by atoms with E-state index in [1.54, 1.807) is 36.9 Å². The molecule has 0 spiro atoms. The van der Waals surface area contributed by atoms with E-state index in [2.05, 4.69) is 9.97 Å². The summed E-state index contributed by atoms with van der Waals surface area (Å²) in [7, 11) is 0. The van der Waals surface area contributed by atoms with Crippen LogP contribution >= 0.6 is 0 Å². The maximum atomic E-state index is 12.4. The lowest BCUT2D eigenvalue weighted by Gasteiger charge is -2.32. The van der Waals surface area contributed by atoms with Crippen LogP contribution in [-0.2, 0) is 0 Å². The van der Waals surface area contributed by atoms with Crippen molar-refractivity contribution in [2.45, 2.75) is 18.9 Å². The molecule has 0 unspecified atom stereocenters. The highest BCUT2D eigenvalue weighted by Gasteiger charge is 2.25. The van der Waals surface area contributed by atoms with Crippen molar-refractivity contribution in [1.82, 2.24) is 14.9 Å². The van der Waals surface area contributed by atoms with Gasteiger partial charge in [0.15, 0.2) is 0 Å². The van der Waals surface area contributed by atoms with Gasteiger partial charge in [-0.05, 0) is 37.1 Å². The van der Waals surface area contributed by atoms with Gasteiger partial charge in [0.05, 0.1) is 12.1 Å². The molecule has 3 rings (SSSR count). The first-order valence-corrected chi connectivity index (χ1v) is 7.09. The van der Waals surface area contributed by atoms with Gasteiger partial charge in [-0.3, -0.25) is 14.8 Å². The van der Waals surface area contributed by atoms with Gasteiger partial charge in [-0.2, -0.15) is 0 Å². The van der Waals surface area contributed by atoms with Crippen LogP contribution in [0.25, 0.3) is 0 Å². The zero-order valence-electron chi connectivity index (χ0n) is 11.7. The van der Waals surface area contributed by atoms with Crippen molar-refractivity contribution in [3.05, 3.63) is 54.6 Å². The molecule has 0 bridgehead atoms. The van der Waals surface area contributed by atoms with Gasteiger partial charge in [0.1, 0.15) is 11.9 Å². The normalized spacial score (nSPS) is 18.3. The van der Waals surface area contributed by atoms with E-state index >= 15 is 0 Å². The summed E-state index contributed by atoms with van der Waals surface area (Å²) in [4.78, 5) is 22.2. The first kappa shape index (κ1) is 13.5. The molecule has 1 fully saturated rings. The second kappa shape index (κ2) is 6.35. The molecule has 2 aromatic rings. The van der Waals surface area contributed by atoms with Crippen molar-refractivity contribution in [1.29, 1.82) is 0 Å². The molecule has 0 aliphatic carbocycles. The van der Waals surface area contributed by atoms with E-state index in [-0.39, 0.29) is 12.0 Å². The number of hydrogen-bond acceptors (Lipinski definition) is 4. The lowest BCUT2D eigenvalue weighted by atomic mass is 10.1. The summed E-state index contributed by atoms with van der Waals surface area (Å²) in [5.74, 6) is 0.816. The van der Waals surface area contributed by atoms with Gasteiger partial charge in [0, 0.05) is 31.3 Å². The monoisotopic (exact) mass is 283 g/mol. The molecule has 21 heavy (non-hydrogen) atoms. The van der Waals surface area contributed by atoms with Crippen LogP contribution in [-0.4, -0.2) is 40.0 Å². The third kappa shape index (κ3) is 3.37. The highest BCUT2D eigenvalue weighted by Crippen LogP contribution is 2.19. The van der Waals surface area contributed by atoms with Crippen molar-refractivity contribution in [3.8, 4) is 5.75 Å². The molecule has 1 aliphatic rings. The standard InChI is InChI=1S/C16H17N3O2/c20-16(13-3-1-7-18-11-13)19-10-2-4-15(12-19)21-14-5-8-17-9-6-14/h1,3,5-9,11,15H,2,4,10,12H2/t15-/m0/s1. The van der Waals surface area contributed by atoms with Gasteiger partial charge in [-0.25, -0.2) is 0 Å². The Labute approximate surface area is 123 Å². The van der Waals surface area contributed by atoms with Crippen LogP contribution in [0.4, 0.5) is 0 Å². The number of hydrogen-bond donors (Lipinski definition) is 0. The van der Waals surface area contributed by atoms with Crippen LogP contribution in [0, 0.1) is 0 Å². The van der Waals surface area contributed by atoms with Crippen molar-refractivity contribution in [3.63, 3.8) is 0 Å². The highest BCUT2D eigenvalue weighted by molar-refractivity contribution is 5.93. The number of ether oxygens (including phenoxy) is 1. The molecule has 0 radical (unpaired) electrons. The van der Waals surface area contributed by atoms with E-state index < -0.39 is 0 Å². The number of carbonyl (C=O) groups is 1. The Morgan fingerprint density at radius 3 is 2.81 bits per heavy atom. The van der Waals surface area contributed by atoms with Crippen LogP contribution in [0.2, 0.25) is 0 Å². The fraction of sp³-hybridized carbons (Fsp3) is 0.312. The third-order valence-electron chi connectivity index (χ3n) is 3.53. The van der Waals surface area contributed by atoms with Crippen LogP contribution in [0.15, 0.2) is 49.1 Å². The number of aromatic nitrogens is 2. The molecule has 0 N–H and O–H groups in total. The van der Waals surface area contributed by atoms with Crippen LogP contribution in [0.5, 0.6) is 5.75 Å².